The van der Waals surface area contributed by atoms with Crippen LogP contribution in [0.1, 0.15) is 49.4 Å². The lowest BCUT2D eigenvalue weighted by Crippen LogP contribution is -2.50. The lowest BCUT2D eigenvalue weighted by atomic mass is 10.1. The van der Waals surface area contributed by atoms with Crippen LogP contribution < -0.4 is 10.1 Å². The van der Waals surface area contributed by atoms with Gasteiger partial charge in [-0.25, -0.2) is 4.39 Å². The van der Waals surface area contributed by atoms with E-state index in [0.717, 1.165) is 23.1 Å². The summed E-state index contributed by atoms with van der Waals surface area (Å²) in [5, 5.41) is 2.90. The maximum absolute atomic E-state index is 14.3. The Kier molecular flexibility index (Phi) is 8.60. The molecule has 0 radical (unpaired) electrons. The zero-order chi connectivity index (χ0) is 23.1. The molecule has 6 heteroatoms. The van der Waals surface area contributed by atoms with Crippen molar-refractivity contribution in [2.75, 3.05) is 6.61 Å². The van der Waals surface area contributed by atoms with Crippen molar-refractivity contribution in [3.8, 4) is 5.75 Å². The van der Waals surface area contributed by atoms with Crippen molar-refractivity contribution in [2.24, 2.45) is 0 Å². The highest BCUT2D eigenvalue weighted by atomic mass is 19.1. The van der Waals surface area contributed by atoms with E-state index in [1.165, 1.54) is 11.0 Å². The van der Waals surface area contributed by atoms with Crippen LogP contribution in [0.2, 0.25) is 0 Å². The van der Waals surface area contributed by atoms with E-state index in [1.54, 1.807) is 25.1 Å². The predicted molar refractivity (Wildman–Crippen MR) is 120 cm³/mol. The Morgan fingerprint density at radius 2 is 1.81 bits per heavy atom. The minimum absolute atomic E-state index is 0.0181. The summed E-state index contributed by atoms with van der Waals surface area (Å²) in [5.41, 5.74) is 3.42. The fourth-order valence-electron chi connectivity index (χ4n) is 3.23. The van der Waals surface area contributed by atoms with Gasteiger partial charge in [-0.15, -0.1) is 0 Å². The Labute approximate surface area is 184 Å². The van der Waals surface area contributed by atoms with Gasteiger partial charge in [-0.05, 0) is 69.9 Å². The molecule has 0 aromatic heterocycles. The van der Waals surface area contributed by atoms with Gasteiger partial charge < -0.3 is 15.0 Å². The smallest absolute Gasteiger partial charge is 0.261 e. The zero-order valence-corrected chi connectivity index (χ0v) is 19.3. The number of amides is 2. The second kappa shape index (κ2) is 10.9. The minimum Gasteiger partial charge on any atom is -0.483 e. The topological polar surface area (TPSA) is 58.6 Å². The third kappa shape index (κ3) is 6.54. The van der Waals surface area contributed by atoms with Gasteiger partial charge in [0, 0.05) is 18.2 Å². The molecule has 168 valence electrons. The summed E-state index contributed by atoms with van der Waals surface area (Å²) in [6.07, 6.45) is 0.773. The summed E-state index contributed by atoms with van der Waals surface area (Å²) in [5.74, 6) is -0.440. The first kappa shape index (κ1) is 24.4. The van der Waals surface area contributed by atoms with Crippen LogP contribution in [0.25, 0.3) is 0 Å². The third-order valence-electron chi connectivity index (χ3n) is 5.58. The summed E-state index contributed by atoms with van der Waals surface area (Å²) < 4.78 is 20.1. The number of ether oxygens (including phenoxy) is 1. The van der Waals surface area contributed by atoms with E-state index in [1.807, 2.05) is 40.7 Å². The number of benzene rings is 2. The van der Waals surface area contributed by atoms with E-state index in [0.29, 0.717) is 11.3 Å². The monoisotopic (exact) mass is 428 g/mol. The highest BCUT2D eigenvalue weighted by Crippen LogP contribution is 2.23. The molecule has 0 aliphatic rings. The number of nitrogens with zero attached hydrogens (tertiary/aromatic N) is 1. The van der Waals surface area contributed by atoms with Crippen LogP contribution in [0.3, 0.4) is 0 Å². The largest absolute Gasteiger partial charge is 0.483 e. The van der Waals surface area contributed by atoms with Crippen molar-refractivity contribution in [3.05, 3.63) is 64.5 Å². The molecule has 0 aliphatic carbocycles. The van der Waals surface area contributed by atoms with Crippen LogP contribution in [0.15, 0.2) is 36.4 Å². The van der Waals surface area contributed by atoms with E-state index >= 15 is 0 Å². The van der Waals surface area contributed by atoms with Gasteiger partial charge in [0.1, 0.15) is 17.6 Å². The van der Waals surface area contributed by atoms with Gasteiger partial charge in [-0.2, -0.15) is 0 Å². The highest BCUT2D eigenvalue weighted by molar-refractivity contribution is 5.88. The number of halogens is 1. The van der Waals surface area contributed by atoms with Crippen molar-refractivity contribution < 1.29 is 18.7 Å². The molecule has 5 nitrogen and oxygen atoms in total. The molecule has 0 heterocycles. The van der Waals surface area contributed by atoms with Crippen LogP contribution in [0.4, 0.5) is 4.39 Å². The van der Waals surface area contributed by atoms with Crippen LogP contribution in [-0.2, 0) is 16.1 Å². The SMILES string of the molecule is CCC(C)NC(=O)C(C)N(Cc1ccccc1F)C(=O)COc1cc(C)cc(C)c1C. The molecule has 2 atom stereocenters. The molecule has 0 saturated carbocycles. The summed E-state index contributed by atoms with van der Waals surface area (Å²) in [6.45, 7) is 11.2. The maximum Gasteiger partial charge on any atom is 0.261 e. The Bertz CT molecular complexity index is 929. The van der Waals surface area contributed by atoms with Crippen LogP contribution in [0, 0.1) is 26.6 Å². The van der Waals surface area contributed by atoms with Crippen molar-refractivity contribution >= 4 is 11.8 Å². The van der Waals surface area contributed by atoms with Gasteiger partial charge in [0.15, 0.2) is 6.61 Å². The number of carbonyl (C=O) groups excluding carboxylic acids is 2. The van der Waals surface area contributed by atoms with E-state index in [-0.39, 0.29) is 31.0 Å². The molecule has 0 bridgehead atoms. The lowest BCUT2D eigenvalue weighted by molar-refractivity contribution is -0.142. The molecular formula is C25H33FN2O3. The van der Waals surface area contributed by atoms with E-state index in [9.17, 15) is 14.0 Å². The first-order valence-electron chi connectivity index (χ1n) is 10.7. The van der Waals surface area contributed by atoms with Crippen molar-refractivity contribution in [1.82, 2.24) is 10.2 Å². The average molecular weight is 429 g/mol. The highest BCUT2D eigenvalue weighted by Gasteiger charge is 2.28. The second-order valence-electron chi connectivity index (χ2n) is 8.10. The molecule has 1 N–H and O–H groups in total. The molecule has 2 amide bonds. The Hall–Kier alpha value is -2.89. The molecule has 0 spiro atoms. The molecule has 0 aliphatic heterocycles. The third-order valence-corrected chi connectivity index (χ3v) is 5.58. The number of hydrogen-bond acceptors (Lipinski definition) is 3. The van der Waals surface area contributed by atoms with E-state index in [2.05, 4.69) is 11.4 Å². The van der Waals surface area contributed by atoms with Crippen molar-refractivity contribution in [2.45, 2.75) is 66.6 Å². The van der Waals surface area contributed by atoms with Gasteiger partial charge in [0.05, 0.1) is 0 Å². The number of nitrogens with one attached hydrogen (secondary N) is 1. The fourth-order valence-corrected chi connectivity index (χ4v) is 3.23. The molecule has 2 aromatic carbocycles. The minimum atomic E-state index is -0.773. The second-order valence-corrected chi connectivity index (χ2v) is 8.10. The maximum atomic E-state index is 14.3. The van der Waals surface area contributed by atoms with E-state index < -0.39 is 11.9 Å². The van der Waals surface area contributed by atoms with Gasteiger partial charge in [0.2, 0.25) is 5.91 Å². The Balaban J connectivity index is 2.23. The summed E-state index contributed by atoms with van der Waals surface area (Å²) in [6, 6.07) is 9.41. The van der Waals surface area contributed by atoms with Gasteiger partial charge in [0.25, 0.3) is 5.91 Å². The van der Waals surface area contributed by atoms with Gasteiger partial charge in [-0.1, -0.05) is 31.2 Å². The fraction of sp³-hybridized carbons (Fsp3) is 0.440. The molecule has 2 unspecified atom stereocenters. The summed E-state index contributed by atoms with van der Waals surface area (Å²) in [4.78, 5) is 27.2. The van der Waals surface area contributed by atoms with Crippen molar-refractivity contribution in [3.63, 3.8) is 0 Å². The molecule has 0 fully saturated rings. The van der Waals surface area contributed by atoms with Crippen molar-refractivity contribution in [1.29, 1.82) is 0 Å². The first-order chi connectivity index (χ1) is 14.6. The average Bonchev–Trinajstić information content (AvgIpc) is 2.73. The number of carbonyl (C=O) groups is 2. The zero-order valence-electron chi connectivity index (χ0n) is 19.3. The quantitative estimate of drug-likeness (QED) is 0.641. The van der Waals surface area contributed by atoms with Crippen LogP contribution >= 0.6 is 0 Å². The Morgan fingerprint density at radius 3 is 2.45 bits per heavy atom. The first-order valence-corrected chi connectivity index (χ1v) is 10.7. The normalized spacial score (nSPS) is 12.7. The molecule has 2 aromatic rings. The molecule has 0 saturated heterocycles. The standard InChI is InChI=1S/C25H33FN2O3/c1-7-18(4)27-25(30)20(6)28(14-21-10-8-9-11-22(21)26)24(29)15-31-23-13-16(2)12-17(3)19(23)5/h8-13,18,20H,7,14-15H2,1-6H3,(H,27,30). The van der Waals surface area contributed by atoms with E-state index in [4.69, 9.17) is 4.74 Å². The van der Waals surface area contributed by atoms with Crippen LogP contribution in [0.5, 0.6) is 5.75 Å². The lowest BCUT2D eigenvalue weighted by Gasteiger charge is -2.30. The number of hydrogen-bond donors (Lipinski definition) is 1. The molecule has 31 heavy (non-hydrogen) atoms. The summed E-state index contributed by atoms with van der Waals surface area (Å²) in [7, 11) is 0. The summed E-state index contributed by atoms with van der Waals surface area (Å²) >= 11 is 0. The van der Waals surface area contributed by atoms with Crippen LogP contribution in [-0.4, -0.2) is 35.4 Å². The van der Waals surface area contributed by atoms with Gasteiger partial charge >= 0.3 is 0 Å². The number of rotatable bonds is 9. The predicted octanol–water partition coefficient (Wildman–Crippen LogP) is 4.46. The van der Waals surface area contributed by atoms with Gasteiger partial charge in [-0.3, -0.25) is 9.59 Å². The molecule has 2 rings (SSSR count). The number of aryl methyl sites for hydroxylation is 2. The Morgan fingerprint density at radius 1 is 1.13 bits per heavy atom. The molecular weight excluding hydrogens is 395 g/mol.